The standard InChI is InChI=1S/C24H28N8O/c1-30-16-20(13-27-30)18-4-3-5-19(12-18)23-26-15-22(21-14-28-31(2)17-21)24(29-23)25-6-7-32-8-10-33-11-9-32/h3-5,12-17H,6-11H2,1-2H3,(H,25,26,29). The predicted molar refractivity (Wildman–Crippen MR) is 128 cm³/mol. The lowest BCUT2D eigenvalue weighted by Crippen LogP contribution is -2.39. The van der Waals surface area contributed by atoms with Crippen LogP contribution in [0.2, 0.25) is 0 Å². The van der Waals surface area contributed by atoms with Crippen molar-refractivity contribution in [3.63, 3.8) is 0 Å². The number of rotatable bonds is 7. The van der Waals surface area contributed by atoms with Crippen LogP contribution in [0.3, 0.4) is 0 Å². The van der Waals surface area contributed by atoms with Crippen molar-refractivity contribution in [3.8, 4) is 33.6 Å². The normalized spacial score (nSPS) is 14.5. The molecule has 4 heterocycles. The van der Waals surface area contributed by atoms with Gasteiger partial charge in [0.05, 0.1) is 25.6 Å². The lowest BCUT2D eigenvalue weighted by Gasteiger charge is -2.26. The predicted octanol–water partition coefficient (Wildman–Crippen LogP) is 2.69. The molecule has 4 aromatic rings. The molecule has 1 N–H and O–H groups in total. The zero-order chi connectivity index (χ0) is 22.6. The van der Waals surface area contributed by atoms with E-state index in [1.165, 1.54) is 0 Å². The van der Waals surface area contributed by atoms with Gasteiger partial charge in [-0.2, -0.15) is 10.2 Å². The first kappa shape index (κ1) is 21.3. The number of anilines is 1. The quantitative estimate of drug-likeness (QED) is 0.469. The molecule has 0 radical (unpaired) electrons. The number of morpholine rings is 1. The molecule has 3 aromatic heterocycles. The fourth-order valence-corrected chi connectivity index (χ4v) is 3.99. The van der Waals surface area contributed by atoms with Crippen molar-refractivity contribution in [3.05, 3.63) is 55.2 Å². The Morgan fingerprint density at radius 3 is 2.36 bits per heavy atom. The zero-order valence-corrected chi connectivity index (χ0v) is 19.0. The van der Waals surface area contributed by atoms with Gasteiger partial charge < -0.3 is 10.1 Å². The molecular weight excluding hydrogens is 416 g/mol. The van der Waals surface area contributed by atoms with Gasteiger partial charge in [-0.15, -0.1) is 0 Å². The fraction of sp³-hybridized carbons (Fsp3) is 0.333. The Kier molecular flexibility index (Phi) is 6.14. The van der Waals surface area contributed by atoms with Gasteiger partial charge in [0, 0.05) is 81.1 Å². The van der Waals surface area contributed by atoms with E-state index in [-0.39, 0.29) is 0 Å². The molecule has 1 saturated heterocycles. The molecule has 5 rings (SSSR count). The van der Waals surface area contributed by atoms with E-state index in [0.717, 1.165) is 73.0 Å². The van der Waals surface area contributed by atoms with Crippen molar-refractivity contribution >= 4 is 5.82 Å². The highest BCUT2D eigenvalue weighted by Crippen LogP contribution is 2.29. The molecule has 1 aliphatic rings. The maximum absolute atomic E-state index is 5.45. The van der Waals surface area contributed by atoms with Crippen LogP contribution in [0.1, 0.15) is 0 Å². The van der Waals surface area contributed by atoms with Crippen molar-refractivity contribution < 1.29 is 4.74 Å². The first-order valence-electron chi connectivity index (χ1n) is 11.2. The van der Waals surface area contributed by atoms with Crippen molar-refractivity contribution in [2.75, 3.05) is 44.7 Å². The lowest BCUT2D eigenvalue weighted by molar-refractivity contribution is 0.0398. The van der Waals surface area contributed by atoms with E-state index in [1.54, 1.807) is 9.36 Å². The summed E-state index contributed by atoms with van der Waals surface area (Å²) in [7, 11) is 3.83. The van der Waals surface area contributed by atoms with E-state index >= 15 is 0 Å². The SMILES string of the molecule is Cn1cc(-c2cccc(-c3ncc(-c4cnn(C)c4)c(NCCN4CCOCC4)n3)c2)cn1. The monoisotopic (exact) mass is 444 g/mol. The summed E-state index contributed by atoms with van der Waals surface area (Å²) in [5.41, 5.74) is 5.04. The Morgan fingerprint density at radius 1 is 0.909 bits per heavy atom. The molecule has 0 atom stereocenters. The van der Waals surface area contributed by atoms with E-state index < -0.39 is 0 Å². The molecule has 0 aliphatic carbocycles. The molecule has 1 aliphatic heterocycles. The summed E-state index contributed by atoms with van der Waals surface area (Å²) in [6.45, 7) is 5.25. The summed E-state index contributed by atoms with van der Waals surface area (Å²) in [5.74, 6) is 1.50. The lowest BCUT2D eigenvalue weighted by atomic mass is 10.1. The Hall–Kier alpha value is -3.56. The van der Waals surface area contributed by atoms with Gasteiger partial charge in [-0.05, 0) is 11.6 Å². The van der Waals surface area contributed by atoms with Crippen molar-refractivity contribution in [2.45, 2.75) is 0 Å². The van der Waals surface area contributed by atoms with Crippen LogP contribution in [-0.4, -0.2) is 73.8 Å². The van der Waals surface area contributed by atoms with Gasteiger partial charge in [-0.25, -0.2) is 9.97 Å². The van der Waals surface area contributed by atoms with Gasteiger partial charge in [-0.3, -0.25) is 14.3 Å². The minimum atomic E-state index is 0.683. The number of benzene rings is 1. The van der Waals surface area contributed by atoms with Crippen LogP contribution < -0.4 is 5.32 Å². The maximum atomic E-state index is 5.45. The molecule has 0 bridgehead atoms. The van der Waals surface area contributed by atoms with Crippen LogP contribution in [-0.2, 0) is 18.8 Å². The third-order valence-electron chi connectivity index (χ3n) is 5.79. The van der Waals surface area contributed by atoms with Crippen LogP contribution in [0, 0.1) is 0 Å². The topological polar surface area (TPSA) is 85.9 Å². The molecule has 0 unspecified atom stereocenters. The number of aromatic nitrogens is 6. The van der Waals surface area contributed by atoms with Crippen LogP contribution in [0.5, 0.6) is 0 Å². The molecule has 170 valence electrons. The molecular formula is C24H28N8O. The molecule has 0 saturated carbocycles. The van der Waals surface area contributed by atoms with Gasteiger partial charge in [0.2, 0.25) is 0 Å². The van der Waals surface area contributed by atoms with Gasteiger partial charge in [0.1, 0.15) is 5.82 Å². The highest BCUT2D eigenvalue weighted by Gasteiger charge is 2.14. The summed E-state index contributed by atoms with van der Waals surface area (Å²) in [5, 5.41) is 12.1. The van der Waals surface area contributed by atoms with Gasteiger partial charge in [0.25, 0.3) is 0 Å². The minimum Gasteiger partial charge on any atom is -0.379 e. The van der Waals surface area contributed by atoms with Gasteiger partial charge >= 0.3 is 0 Å². The van der Waals surface area contributed by atoms with Crippen LogP contribution in [0.25, 0.3) is 33.6 Å². The van der Waals surface area contributed by atoms with Crippen molar-refractivity contribution in [1.82, 2.24) is 34.4 Å². The smallest absolute Gasteiger partial charge is 0.161 e. The summed E-state index contributed by atoms with van der Waals surface area (Å²) in [4.78, 5) is 12.0. The first-order valence-corrected chi connectivity index (χ1v) is 11.2. The molecule has 9 heteroatoms. The summed E-state index contributed by atoms with van der Waals surface area (Å²) in [6, 6.07) is 8.25. The Labute approximate surface area is 193 Å². The highest BCUT2D eigenvalue weighted by atomic mass is 16.5. The average molecular weight is 445 g/mol. The number of nitrogens with one attached hydrogen (secondary N) is 1. The van der Waals surface area contributed by atoms with Crippen molar-refractivity contribution in [2.24, 2.45) is 14.1 Å². The number of hydrogen-bond donors (Lipinski definition) is 1. The highest BCUT2D eigenvalue weighted by molar-refractivity contribution is 5.76. The molecule has 33 heavy (non-hydrogen) atoms. The second-order valence-electron chi connectivity index (χ2n) is 8.22. The van der Waals surface area contributed by atoms with E-state index in [2.05, 4.69) is 32.5 Å². The Bertz CT molecular complexity index is 1220. The van der Waals surface area contributed by atoms with E-state index in [4.69, 9.17) is 14.7 Å². The second kappa shape index (κ2) is 9.51. The van der Waals surface area contributed by atoms with Crippen LogP contribution in [0.15, 0.2) is 55.2 Å². The molecule has 9 nitrogen and oxygen atoms in total. The molecule has 0 amide bonds. The zero-order valence-electron chi connectivity index (χ0n) is 19.0. The van der Waals surface area contributed by atoms with E-state index in [0.29, 0.717) is 5.82 Å². The van der Waals surface area contributed by atoms with Crippen molar-refractivity contribution in [1.29, 1.82) is 0 Å². The first-order chi connectivity index (χ1) is 16.2. The van der Waals surface area contributed by atoms with Gasteiger partial charge in [-0.1, -0.05) is 18.2 Å². The Morgan fingerprint density at radius 2 is 1.64 bits per heavy atom. The molecule has 0 spiro atoms. The number of nitrogens with zero attached hydrogens (tertiary/aromatic N) is 7. The number of ether oxygens (including phenoxy) is 1. The van der Waals surface area contributed by atoms with Crippen LogP contribution in [0.4, 0.5) is 5.82 Å². The van der Waals surface area contributed by atoms with Crippen LogP contribution >= 0.6 is 0 Å². The van der Waals surface area contributed by atoms with Gasteiger partial charge in [0.15, 0.2) is 5.82 Å². The molecule has 1 aromatic carbocycles. The average Bonchev–Trinajstić information content (AvgIpc) is 3.48. The number of aryl methyl sites for hydroxylation is 2. The maximum Gasteiger partial charge on any atom is 0.161 e. The third-order valence-corrected chi connectivity index (χ3v) is 5.79. The second-order valence-corrected chi connectivity index (χ2v) is 8.22. The fourth-order valence-electron chi connectivity index (χ4n) is 3.99. The summed E-state index contributed by atoms with van der Waals surface area (Å²) >= 11 is 0. The van der Waals surface area contributed by atoms with E-state index in [9.17, 15) is 0 Å². The Balaban J connectivity index is 1.43. The minimum absolute atomic E-state index is 0.683. The summed E-state index contributed by atoms with van der Waals surface area (Å²) in [6.07, 6.45) is 9.57. The largest absolute Gasteiger partial charge is 0.379 e. The van der Waals surface area contributed by atoms with E-state index in [1.807, 2.05) is 57.2 Å². The molecule has 1 fully saturated rings. The third kappa shape index (κ3) is 4.94. The number of hydrogen-bond acceptors (Lipinski definition) is 7. The summed E-state index contributed by atoms with van der Waals surface area (Å²) < 4.78 is 9.05.